The second kappa shape index (κ2) is 35.0. The van der Waals surface area contributed by atoms with E-state index in [1.165, 1.54) is 7.11 Å². The summed E-state index contributed by atoms with van der Waals surface area (Å²) in [6, 6.07) is 49.3. The minimum atomic E-state index is -0.812. The van der Waals surface area contributed by atoms with Crippen LogP contribution in [-0.2, 0) is 62.8 Å². The average Bonchev–Trinajstić information content (AvgIpc) is 4.26. The number of rotatable bonds is 22. The van der Waals surface area contributed by atoms with E-state index in [-0.39, 0.29) is 47.7 Å². The van der Waals surface area contributed by atoms with Crippen LogP contribution in [-0.4, -0.2) is 105 Å². The first-order chi connectivity index (χ1) is 35.7. The van der Waals surface area contributed by atoms with Crippen LogP contribution in [0.25, 0.3) is 0 Å². The van der Waals surface area contributed by atoms with Crippen molar-refractivity contribution < 1.29 is 49.6 Å². The molecule has 0 unspecified atom stereocenters. The maximum Gasteiger partial charge on any atom is 0.408 e. The fourth-order valence-corrected chi connectivity index (χ4v) is 8.95. The molecule has 18 heteroatoms. The SMILES string of the molecule is C.C.CN[C@@H](Cc1cccc(Br)c1)[C@H](O)CN(Cc1cccc(OC)c1)B(C)O.COC(=O)[C@H](Cc1cccc(Br)c1)NC(=O)OCc1ccccc1.O=C(N[C@@H](Cc1cccc(Br)c1)[C@H]1CO1)OCc1ccccc1.[2HH]. The van der Waals surface area contributed by atoms with Crippen molar-refractivity contribution in [3.8, 4) is 5.75 Å². The number of aliphatic hydroxyl groups is 1. The van der Waals surface area contributed by atoms with Gasteiger partial charge in [-0.3, -0.25) is 0 Å². The number of aliphatic hydroxyl groups excluding tert-OH is 1. The Morgan fingerprint density at radius 3 is 1.59 bits per heavy atom. The van der Waals surface area contributed by atoms with Crippen molar-refractivity contribution in [2.45, 2.75) is 91.0 Å². The minimum Gasteiger partial charge on any atom is -0.497 e. The summed E-state index contributed by atoms with van der Waals surface area (Å²) in [5, 5.41) is 29.6. The van der Waals surface area contributed by atoms with Gasteiger partial charge in [0.1, 0.15) is 31.1 Å². The fraction of sp³-hybridized carbons (Fsp3) is 0.328. The van der Waals surface area contributed by atoms with Crippen LogP contribution in [0.5, 0.6) is 5.75 Å². The van der Waals surface area contributed by atoms with Crippen molar-refractivity contribution in [3.63, 3.8) is 0 Å². The van der Waals surface area contributed by atoms with Crippen LogP contribution >= 0.6 is 47.8 Å². The molecule has 0 spiro atoms. The number of esters is 1. The van der Waals surface area contributed by atoms with E-state index in [0.29, 0.717) is 39.0 Å². The molecule has 0 aromatic heterocycles. The van der Waals surface area contributed by atoms with Gasteiger partial charge in [-0.1, -0.05) is 172 Å². The van der Waals surface area contributed by atoms with E-state index in [1.54, 1.807) is 13.9 Å². The normalized spacial score (nSPS) is 13.6. The smallest absolute Gasteiger partial charge is 0.408 e. The van der Waals surface area contributed by atoms with Crippen molar-refractivity contribution in [1.29, 1.82) is 0 Å². The molecule has 1 fully saturated rings. The van der Waals surface area contributed by atoms with E-state index in [2.05, 4.69) is 69.8 Å². The zero-order valence-electron chi connectivity index (χ0n) is 41.9. The van der Waals surface area contributed by atoms with Gasteiger partial charge in [-0.15, -0.1) is 0 Å². The Labute approximate surface area is 476 Å². The highest BCUT2D eigenvalue weighted by Crippen LogP contribution is 2.22. The molecule has 5 atom stereocenters. The van der Waals surface area contributed by atoms with Crippen LogP contribution < -0.4 is 20.7 Å². The molecule has 1 heterocycles. The van der Waals surface area contributed by atoms with Crippen molar-refractivity contribution >= 4 is 73.0 Å². The second-order valence-corrected chi connectivity index (χ2v) is 20.1. The van der Waals surface area contributed by atoms with Gasteiger partial charge in [0.15, 0.2) is 0 Å². The molecule has 410 valence electrons. The first kappa shape index (κ1) is 64.7. The van der Waals surface area contributed by atoms with E-state index < -0.39 is 37.4 Å². The number of likely N-dealkylation sites (N-methyl/N-ethyl adjacent to an activating group) is 1. The van der Waals surface area contributed by atoms with Crippen LogP contribution in [0.3, 0.4) is 0 Å². The molecule has 2 amide bonds. The number of amides is 2. The Hall–Kier alpha value is -5.57. The standard InChI is InChI=1S/C20H28BBrN2O3.C18H18BrNO4.C18H18BrNO3.2CH4.H2/c1-21(26)24(13-16-7-5-9-18(11-16)27-3)14-20(25)19(23-2)12-15-6-4-8-17(22)10-15;1-23-17(21)16(11-14-8-5-9-15(19)10-14)20-18(22)24-12-13-6-3-2-4-7-13;19-15-8-4-7-14(9-15)10-16(17-12-22-17)20-18(21)23-11-13-5-2-1-3-6-13;;;/h4-11,19-20,23,25-26H,12-14H2,1-3H3;2-10,16H,11-12H2,1H3,(H,20,22);1-9,16-17H,10-12H2,(H,20,21);2*1H4;1H/t19-,20+;16-;16-,17+;;;/m000.../s1/i;;;;;1+1. The maximum atomic E-state index is 12.0. The molecule has 14 nitrogen and oxygen atoms in total. The number of nitrogens with one attached hydrogen (secondary N) is 3. The third kappa shape index (κ3) is 24.2. The van der Waals surface area contributed by atoms with Gasteiger partial charge in [0.05, 0.1) is 33.0 Å². The van der Waals surface area contributed by atoms with Gasteiger partial charge in [-0.25, -0.2) is 14.4 Å². The van der Waals surface area contributed by atoms with Crippen LogP contribution in [0.1, 0.15) is 49.7 Å². The second-order valence-electron chi connectivity index (χ2n) is 17.3. The lowest BCUT2D eigenvalue weighted by Crippen LogP contribution is -2.49. The Balaban J connectivity index is 0.000000389. The van der Waals surface area contributed by atoms with Gasteiger partial charge >= 0.3 is 25.2 Å². The highest BCUT2D eigenvalue weighted by molar-refractivity contribution is 9.11. The number of benzene rings is 6. The van der Waals surface area contributed by atoms with Crippen molar-refractivity contribution in [2.24, 2.45) is 0 Å². The summed E-state index contributed by atoms with van der Waals surface area (Å²) in [6.07, 6.45) is 0.0853. The summed E-state index contributed by atoms with van der Waals surface area (Å²) >= 11 is 10.3. The summed E-state index contributed by atoms with van der Waals surface area (Å²) < 4.78 is 28.8. The first-order valence-corrected chi connectivity index (χ1v) is 26.4. The predicted octanol–water partition coefficient (Wildman–Crippen LogP) is 11.2. The van der Waals surface area contributed by atoms with Crippen molar-refractivity contribution in [1.82, 2.24) is 20.8 Å². The monoisotopic (exact) mass is 1240 g/mol. The molecule has 0 bridgehead atoms. The zero-order valence-corrected chi connectivity index (χ0v) is 46.6. The quantitative estimate of drug-likeness (QED) is 0.0188. The summed E-state index contributed by atoms with van der Waals surface area (Å²) in [5.74, 6) is 0.257. The molecule has 7 rings (SSSR count). The van der Waals surface area contributed by atoms with Gasteiger partial charge in [0, 0.05) is 40.4 Å². The first-order valence-electron chi connectivity index (χ1n) is 24.0. The lowest BCUT2D eigenvalue weighted by atomic mass is 9.83. The third-order valence-corrected chi connectivity index (χ3v) is 13.1. The van der Waals surface area contributed by atoms with E-state index in [4.69, 9.17) is 23.7 Å². The number of alkyl carbamates (subject to hydrolysis) is 2. The topological polar surface area (TPSA) is 180 Å². The molecule has 0 saturated carbocycles. The fourth-order valence-electron chi connectivity index (χ4n) is 7.61. The molecule has 6 aromatic carbocycles. The van der Waals surface area contributed by atoms with Gasteiger partial charge in [0.2, 0.25) is 0 Å². The van der Waals surface area contributed by atoms with Gasteiger partial charge < -0.3 is 54.6 Å². The van der Waals surface area contributed by atoms with Gasteiger partial charge in [0.25, 0.3) is 0 Å². The van der Waals surface area contributed by atoms with Crippen molar-refractivity contribution in [2.75, 3.05) is 34.4 Å². The number of halogens is 3. The van der Waals surface area contributed by atoms with Crippen LogP contribution in [0.4, 0.5) is 9.59 Å². The average molecular weight is 1240 g/mol. The van der Waals surface area contributed by atoms with E-state index >= 15 is 0 Å². The molecule has 5 N–H and O–H groups in total. The summed E-state index contributed by atoms with van der Waals surface area (Å²) in [4.78, 5) is 37.7. The number of hydrogen-bond donors (Lipinski definition) is 5. The zero-order chi connectivity index (χ0) is 53.2. The molecule has 1 aliphatic rings. The molecular formula is C58H74BBr3N4O10. The van der Waals surface area contributed by atoms with Gasteiger partial charge in [-0.2, -0.15) is 0 Å². The molecule has 6 aromatic rings. The molecular weight excluding hydrogens is 1160 g/mol. The Morgan fingerprint density at radius 1 is 0.671 bits per heavy atom. The predicted molar refractivity (Wildman–Crippen MR) is 314 cm³/mol. The highest BCUT2D eigenvalue weighted by atomic mass is 79.9. The Morgan fingerprint density at radius 2 is 1.13 bits per heavy atom. The van der Waals surface area contributed by atoms with E-state index in [9.17, 15) is 24.5 Å². The van der Waals surface area contributed by atoms with Crippen LogP contribution in [0.2, 0.25) is 6.82 Å². The number of methoxy groups -OCH3 is 2. The number of carbonyl (C=O) groups excluding carboxylic acids is 3. The van der Waals surface area contributed by atoms with Gasteiger partial charge in [-0.05, 0) is 109 Å². The molecule has 1 aliphatic heterocycles. The molecule has 0 aliphatic carbocycles. The largest absolute Gasteiger partial charge is 0.497 e. The number of carbonyl (C=O) groups is 3. The number of ether oxygens (including phenoxy) is 5. The number of epoxide rings is 1. The summed E-state index contributed by atoms with van der Waals surface area (Å²) in [5.41, 5.74) is 6.03. The van der Waals surface area contributed by atoms with Crippen LogP contribution in [0, 0.1) is 0 Å². The third-order valence-electron chi connectivity index (χ3n) is 11.6. The maximum absolute atomic E-state index is 12.0. The summed E-state index contributed by atoms with van der Waals surface area (Å²) in [6.45, 7) is 3.68. The van der Waals surface area contributed by atoms with Crippen LogP contribution in [0.15, 0.2) is 171 Å². The van der Waals surface area contributed by atoms with E-state index in [1.807, 2.05) is 164 Å². The minimum absolute atomic E-state index is 0. The molecule has 76 heavy (non-hydrogen) atoms. The van der Waals surface area contributed by atoms with Crippen molar-refractivity contribution in [3.05, 3.63) is 205 Å². The Bertz CT molecular complexity index is 2650. The number of nitrogens with zero attached hydrogens (tertiary/aromatic N) is 1. The van der Waals surface area contributed by atoms with E-state index in [0.717, 1.165) is 52.5 Å². The molecule has 0 radical (unpaired) electrons. The lowest BCUT2D eigenvalue weighted by Gasteiger charge is -2.30. The lowest BCUT2D eigenvalue weighted by molar-refractivity contribution is -0.143. The summed E-state index contributed by atoms with van der Waals surface area (Å²) in [7, 11) is 4.09. The number of hydrogen-bond acceptors (Lipinski definition) is 12. The Kier molecular flexibility index (Phi) is 29.8. The highest BCUT2D eigenvalue weighted by Gasteiger charge is 2.34. The molecule has 1 saturated heterocycles.